The molecule has 5 atom stereocenters. The zero-order valence-electron chi connectivity index (χ0n) is 6.78. The molecule has 2 rings (SSSR count). The lowest BCUT2D eigenvalue weighted by atomic mass is 10.00. The van der Waals surface area contributed by atoms with Gasteiger partial charge in [-0.1, -0.05) is 17.3 Å². The first-order chi connectivity index (χ1) is 6.29. The van der Waals surface area contributed by atoms with Crippen LogP contribution in [0.15, 0.2) is 17.3 Å². The number of azide groups is 1. The molecule has 0 radical (unpaired) electrons. The van der Waals surface area contributed by atoms with Crippen molar-refractivity contribution in [2.24, 2.45) is 22.9 Å². The zero-order chi connectivity index (χ0) is 9.42. The highest BCUT2D eigenvalue weighted by Crippen LogP contribution is 2.52. The minimum absolute atomic E-state index is 0.0227. The van der Waals surface area contributed by atoms with Gasteiger partial charge in [0.1, 0.15) is 0 Å². The van der Waals surface area contributed by atoms with Crippen LogP contribution in [-0.2, 0) is 0 Å². The molecule has 2 aliphatic rings. The van der Waals surface area contributed by atoms with Crippen molar-refractivity contribution in [3.05, 3.63) is 22.6 Å². The van der Waals surface area contributed by atoms with Gasteiger partial charge in [0, 0.05) is 10.8 Å². The molecular formula is C8H8N4O. The second-order valence-electron chi connectivity index (χ2n) is 3.38. The Kier molecular flexibility index (Phi) is 1.73. The van der Waals surface area contributed by atoms with Gasteiger partial charge in [0.25, 0.3) is 0 Å². The van der Waals surface area contributed by atoms with E-state index in [0.717, 1.165) is 0 Å². The van der Waals surface area contributed by atoms with Gasteiger partial charge in [0.15, 0.2) is 0 Å². The molecule has 1 fully saturated rings. The molecule has 1 N–H and O–H groups in total. The van der Waals surface area contributed by atoms with Crippen LogP contribution in [0.25, 0.3) is 10.4 Å². The first-order valence-corrected chi connectivity index (χ1v) is 4.10. The van der Waals surface area contributed by atoms with Crippen LogP contribution >= 0.6 is 0 Å². The molecule has 0 aliphatic heterocycles. The predicted molar refractivity (Wildman–Crippen MR) is 44.2 cm³/mol. The highest BCUT2D eigenvalue weighted by Gasteiger charge is 2.56. The van der Waals surface area contributed by atoms with E-state index in [1.807, 2.05) is 6.08 Å². The van der Waals surface area contributed by atoms with Gasteiger partial charge in [0.05, 0.1) is 24.1 Å². The van der Waals surface area contributed by atoms with Crippen molar-refractivity contribution in [2.75, 3.05) is 0 Å². The van der Waals surface area contributed by atoms with Gasteiger partial charge in [-0.25, -0.2) is 0 Å². The van der Waals surface area contributed by atoms with Gasteiger partial charge in [-0.2, -0.15) is 5.26 Å². The molecule has 5 heteroatoms. The highest BCUT2D eigenvalue weighted by atomic mass is 16.3. The maximum Gasteiger partial charge on any atom is 0.0818 e. The van der Waals surface area contributed by atoms with Gasteiger partial charge in [-0.05, 0) is 11.4 Å². The molecular weight excluding hydrogens is 168 g/mol. The Hall–Kier alpha value is -1.50. The fourth-order valence-corrected chi connectivity index (χ4v) is 1.97. The maximum absolute atomic E-state index is 9.64. The fourth-order valence-electron chi connectivity index (χ4n) is 1.97. The molecule has 13 heavy (non-hydrogen) atoms. The minimum atomic E-state index is -0.685. The normalized spacial score (nSPS) is 45.7. The lowest BCUT2D eigenvalue weighted by molar-refractivity contribution is 0.127. The summed E-state index contributed by atoms with van der Waals surface area (Å²) in [5.41, 5.74) is 8.21. The van der Waals surface area contributed by atoms with Crippen LogP contribution in [0.1, 0.15) is 0 Å². The van der Waals surface area contributed by atoms with Crippen molar-refractivity contribution >= 4 is 0 Å². The van der Waals surface area contributed by atoms with Crippen LogP contribution < -0.4 is 0 Å². The molecule has 0 heterocycles. The Morgan fingerprint density at radius 1 is 1.54 bits per heavy atom. The summed E-state index contributed by atoms with van der Waals surface area (Å²) in [6, 6.07) is 1.63. The van der Waals surface area contributed by atoms with Crippen molar-refractivity contribution in [3.8, 4) is 6.07 Å². The van der Waals surface area contributed by atoms with E-state index in [1.54, 1.807) is 6.08 Å². The SMILES string of the molecule is N#CC1C2C=CC(N=[N+]=[N-])C(O)C12. The molecule has 0 aromatic heterocycles. The standard InChI is InChI=1S/C8H8N4O/c9-3-5-4-1-2-6(11-12-10)8(13)7(4)5/h1-2,4-8,13H. The summed E-state index contributed by atoms with van der Waals surface area (Å²) in [5, 5.41) is 21.8. The number of nitrogens with zero attached hydrogens (tertiary/aromatic N) is 4. The molecule has 0 amide bonds. The third-order valence-electron chi connectivity index (χ3n) is 2.74. The molecule has 66 valence electrons. The molecule has 5 unspecified atom stereocenters. The van der Waals surface area contributed by atoms with Crippen LogP contribution in [0.2, 0.25) is 0 Å². The Balaban J connectivity index is 2.18. The topological polar surface area (TPSA) is 92.8 Å². The maximum atomic E-state index is 9.64. The Morgan fingerprint density at radius 3 is 2.92 bits per heavy atom. The van der Waals surface area contributed by atoms with E-state index in [9.17, 15) is 5.11 Å². The van der Waals surface area contributed by atoms with Crippen molar-refractivity contribution in [1.82, 2.24) is 0 Å². The lowest BCUT2D eigenvalue weighted by Gasteiger charge is -2.17. The van der Waals surface area contributed by atoms with E-state index in [4.69, 9.17) is 10.8 Å². The molecule has 0 aromatic carbocycles. The lowest BCUT2D eigenvalue weighted by Crippen LogP contribution is -2.27. The first-order valence-electron chi connectivity index (χ1n) is 4.10. The fraction of sp³-hybridized carbons (Fsp3) is 0.625. The van der Waals surface area contributed by atoms with Gasteiger partial charge in [0.2, 0.25) is 0 Å². The summed E-state index contributed by atoms with van der Waals surface area (Å²) < 4.78 is 0. The Labute approximate surface area is 74.9 Å². The molecule has 0 spiro atoms. The summed E-state index contributed by atoms with van der Waals surface area (Å²) in [4.78, 5) is 2.64. The van der Waals surface area contributed by atoms with Gasteiger partial charge < -0.3 is 5.11 Å². The summed E-state index contributed by atoms with van der Waals surface area (Å²) in [6.07, 6.45) is 2.86. The highest BCUT2D eigenvalue weighted by molar-refractivity contribution is 5.25. The smallest absolute Gasteiger partial charge is 0.0818 e. The number of aliphatic hydroxyl groups is 1. The summed E-state index contributed by atoms with van der Waals surface area (Å²) in [6.45, 7) is 0. The monoisotopic (exact) mass is 176 g/mol. The summed E-state index contributed by atoms with van der Waals surface area (Å²) in [5.74, 6) is 0.0563. The van der Waals surface area contributed by atoms with Crippen molar-refractivity contribution < 1.29 is 5.11 Å². The molecule has 0 bridgehead atoms. The van der Waals surface area contributed by atoms with Crippen molar-refractivity contribution in [3.63, 3.8) is 0 Å². The summed E-state index contributed by atoms with van der Waals surface area (Å²) >= 11 is 0. The van der Waals surface area contributed by atoms with E-state index < -0.39 is 12.1 Å². The number of allylic oxidation sites excluding steroid dienone is 1. The van der Waals surface area contributed by atoms with E-state index in [0.29, 0.717) is 0 Å². The number of hydrogen-bond donors (Lipinski definition) is 1. The number of nitriles is 1. The number of fused-ring (bicyclic) bond motifs is 1. The van der Waals surface area contributed by atoms with E-state index >= 15 is 0 Å². The first kappa shape index (κ1) is 8.11. The van der Waals surface area contributed by atoms with Gasteiger partial charge in [-0.15, -0.1) is 0 Å². The zero-order valence-corrected chi connectivity index (χ0v) is 6.78. The molecule has 1 saturated carbocycles. The second-order valence-corrected chi connectivity index (χ2v) is 3.38. The van der Waals surface area contributed by atoms with Crippen LogP contribution in [0.3, 0.4) is 0 Å². The van der Waals surface area contributed by atoms with E-state index in [-0.39, 0.29) is 17.8 Å². The summed E-state index contributed by atoms with van der Waals surface area (Å²) in [7, 11) is 0. The van der Waals surface area contributed by atoms with Gasteiger partial charge in [-0.3, -0.25) is 0 Å². The number of hydrogen-bond acceptors (Lipinski definition) is 3. The quantitative estimate of drug-likeness (QED) is 0.279. The van der Waals surface area contributed by atoms with Crippen LogP contribution in [0.5, 0.6) is 0 Å². The second kappa shape index (κ2) is 2.77. The van der Waals surface area contributed by atoms with Crippen LogP contribution in [-0.4, -0.2) is 17.3 Å². The number of rotatable bonds is 1. The van der Waals surface area contributed by atoms with Crippen molar-refractivity contribution in [2.45, 2.75) is 12.1 Å². The largest absolute Gasteiger partial charge is 0.392 e. The minimum Gasteiger partial charge on any atom is -0.392 e. The third kappa shape index (κ3) is 1.08. The Morgan fingerprint density at radius 2 is 2.31 bits per heavy atom. The number of aliphatic hydroxyl groups excluding tert-OH is 1. The van der Waals surface area contributed by atoms with Crippen LogP contribution in [0.4, 0.5) is 0 Å². The van der Waals surface area contributed by atoms with E-state index in [1.165, 1.54) is 0 Å². The molecule has 2 aliphatic carbocycles. The van der Waals surface area contributed by atoms with Crippen LogP contribution in [0, 0.1) is 29.1 Å². The predicted octanol–water partition coefficient (Wildman–Crippen LogP) is 0.982. The molecule has 5 nitrogen and oxygen atoms in total. The third-order valence-corrected chi connectivity index (χ3v) is 2.74. The molecule has 0 saturated heterocycles. The average Bonchev–Trinajstić information content (AvgIpc) is 2.84. The van der Waals surface area contributed by atoms with Crippen molar-refractivity contribution in [1.29, 1.82) is 5.26 Å². The van der Waals surface area contributed by atoms with Gasteiger partial charge >= 0.3 is 0 Å². The molecule has 0 aromatic rings. The van der Waals surface area contributed by atoms with E-state index in [2.05, 4.69) is 16.1 Å². The average molecular weight is 176 g/mol. The Bertz CT molecular complexity index is 339.